The molecular weight excluding hydrogens is 218 g/mol. The van der Waals surface area contributed by atoms with Crippen LogP contribution in [0.15, 0.2) is 18.3 Å². The second-order valence-corrected chi connectivity index (χ2v) is 3.96. The van der Waals surface area contributed by atoms with Gasteiger partial charge in [0.25, 0.3) is 0 Å². The van der Waals surface area contributed by atoms with Crippen LogP contribution in [0.5, 0.6) is 0 Å². The van der Waals surface area contributed by atoms with Gasteiger partial charge in [0.2, 0.25) is 0 Å². The van der Waals surface area contributed by atoms with Crippen LogP contribution in [0.4, 0.5) is 11.5 Å². The number of hydrogen-bond acceptors (Lipinski definition) is 6. The molecule has 94 valence electrons. The maximum absolute atomic E-state index is 5.30. The van der Waals surface area contributed by atoms with Crippen LogP contribution in [0.1, 0.15) is 0 Å². The molecule has 17 heavy (non-hydrogen) atoms. The van der Waals surface area contributed by atoms with E-state index in [1.807, 2.05) is 12.1 Å². The molecule has 1 aromatic rings. The molecule has 2 heterocycles. The van der Waals surface area contributed by atoms with Crippen molar-refractivity contribution in [1.82, 2.24) is 9.88 Å². The van der Waals surface area contributed by atoms with Gasteiger partial charge in [-0.3, -0.25) is 10.7 Å². The predicted octanol–water partition coefficient (Wildman–Crippen LogP) is 0.111. The fourth-order valence-corrected chi connectivity index (χ4v) is 1.75. The van der Waals surface area contributed by atoms with Gasteiger partial charge < -0.3 is 15.5 Å². The Kier molecular flexibility index (Phi) is 4.54. The largest absolute Gasteiger partial charge is 0.379 e. The number of nitrogens with zero attached hydrogens (tertiary/aromatic N) is 2. The van der Waals surface area contributed by atoms with E-state index < -0.39 is 0 Å². The number of nitrogen functional groups attached to an aromatic ring is 1. The number of pyridine rings is 1. The maximum Gasteiger partial charge on any atom is 0.126 e. The molecule has 0 atom stereocenters. The van der Waals surface area contributed by atoms with Crippen molar-refractivity contribution in [3.05, 3.63) is 18.3 Å². The fourth-order valence-electron chi connectivity index (χ4n) is 1.75. The van der Waals surface area contributed by atoms with E-state index in [9.17, 15) is 0 Å². The third-order valence-electron chi connectivity index (χ3n) is 2.77. The van der Waals surface area contributed by atoms with Crippen molar-refractivity contribution in [2.75, 3.05) is 50.1 Å². The van der Waals surface area contributed by atoms with Crippen molar-refractivity contribution in [2.24, 2.45) is 5.84 Å². The Morgan fingerprint density at radius 1 is 1.35 bits per heavy atom. The van der Waals surface area contributed by atoms with Crippen LogP contribution in [0.2, 0.25) is 0 Å². The van der Waals surface area contributed by atoms with Gasteiger partial charge in [-0.05, 0) is 12.1 Å². The van der Waals surface area contributed by atoms with Crippen LogP contribution in [0.25, 0.3) is 0 Å². The van der Waals surface area contributed by atoms with Gasteiger partial charge in [-0.1, -0.05) is 0 Å². The summed E-state index contributed by atoms with van der Waals surface area (Å²) in [4.78, 5) is 6.62. The quantitative estimate of drug-likeness (QED) is 0.498. The molecule has 0 unspecified atom stereocenters. The standard InChI is InChI=1S/C11H19N5O/c12-15-10-1-2-11(14-9-10)13-3-4-16-5-7-17-8-6-16/h1-2,9,15H,3-8,12H2,(H,13,14). The molecule has 1 aromatic heterocycles. The smallest absolute Gasteiger partial charge is 0.126 e. The van der Waals surface area contributed by atoms with E-state index >= 15 is 0 Å². The van der Waals surface area contributed by atoms with E-state index in [2.05, 4.69) is 20.6 Å². The van der Waals surface area contributed by atoms with Crippen LogP contribution in [-0.2, 0) is 4.74 Å². The number of hydrogen-bond donors (Lipinski definition) is 3. The Labute approximate surface area is 101 Å². The van der Waals surface area contributed by atoms with Crippen molar-refractivity contribution in [2.45, 2.75) is 0 Å². The molecule has 6 nitrogen and oxygen atoms in total. The number of nitrogens with two attached hydrogens (primary N) is 1. The zero-order chi connectivity index (χ0) is 11.9. The first-order valence-electron chi connectivity index (χ1n) is 5.85. The third kappa shape index (κ3) is 3.85. The Bertz CT molecular complexity index is 323. The zero-order valence-corrected chi connectivity index (χ0v) is 9.85. The first-order chi connectivity index (χ1) is 8.38. The second-order valence-electron chi connectivity index (χ2n) is 3.96. The van der Waals surface area contributed by atoms with Crippen molar-refractivity contribution in [1.29, 1.82) is 0 Å². The highest BCUT2D eigenvalue weighted by Crippen LogP contribution is 2.07. The summed E-state index contributed by atoms with van der Waals surface area (Å²) < 4.78 is 5.30. The summed E-state index contributed by atoms with van der Waals surface area (Å²) >= 11 is 0. The normalized spacial score (nSPS) is 16.8. The van der Waals surface area contributed by atoms with Crippen molar-refractivity contribution in [3.8, 4) is 0 Å². The highest BCUT2D eigenvalue weighted by molar-refractivity contribution is 5.46. The summed E-state index contributed by atoms with van der Waals surface area (Å²) in [5.41, 5.74) is 3.36. The van der Waals surface area contributed by atoms with Crippen molar-refractivity contribution < 1.29 is 4.74 Å². The topological polar surface area (TPSA) is 75.4 Å². The molecule has 4 N–H and O–H groups in total. The van der Waals surface area contributed by atoms with E-state index in [-0.39, 0.29) is 0 Å². The molecule has 0 aliphatic carbocycles. The molecule has 0 aromatic carbocycles. The summed E-state index contributed by atoms with van der Waals surface area (Å²) in [5, 5.41) is 3.28. The van der Waals surface area contributed by atoms with Gasteiger partial charge in [0.1, 0.15) is 5.82 Å². The summed E-state index contributed by atoms with van der Waals surface area (Å²) in [6.45, 7) is 5.63. The Balaban J connectivity index is 1.69. The lowest BCUT2D eigenvalue weighted by Gasteiger charge is -2.26. The van der Waals surface area contributed by atoms with Gasteiger partial charge >= 0.3 is 0 Å². The molecule has 0 radical (unpaired) electrons. The number of nitrogens with one attached hydrogen (secondary N) is 2. The molecule has 1 saturated heterocycles. The Hall–Kier alpha value is -1.37. The molecule has 1 aliphatic heterocycles. The SMILES string of the molecule is NNc1ccc(NCCN2CCOCC2)nc1. The van der Waals surface area contributed by atoms with Crippen LogP contribution >= 0.6 is 0 Å². The lowest BCUT2D eigenvalue weighted by atomic mass is 10.4. The molecule has 6 heteroatoms. The van der Waals surface area contributed by atoms with Gasteiger partial charge in [0, 0.05) is 26.2 Å². The molecule has 0 saturated carbocycles. The Morgan fingerprint density at radius 2 is 2.18 bits per heavy atom. The summed E-state index contributed by atoms with van der Waals surface area (Å²) in [7, 11) is 0. The van der Waals surface area contributed by atoms with E-state index in [4.69, 9.17) is 10.6 Å². The molecular formula is C11H19N5O. The van der Waals surface area contributed by atoms with Crippen LogP contribution < -0.4 is 16.6 Å². The van der Waals surface area contributed by atoms with Gasteiger partial charge in [0.05, 0.1) is 25.1 Å². The average Bonchev–Trinajstić information content (AvgIpc) is 2.41. The average molecular weight is 237 g/mol. The van der Waals surface area contributed by atoms with Gasteiger partial charge in [-0.15, -0.1) is 0 Å². The first kappa shape index (κ1) is 12.1. The summed E-state index contributed by atoms with van der Waals surface area (Å²) in [5.74, 6) is 6.14. The highest BCUT2D eigenvalue weighted by Gasteiger charge is 2.08. The van der Waals surface area contributed by atoms with E-state index in [0.29, 0.717) is 0 Å². The minimum atomic E-state index is 0.809. The van der Waals surface area contributed by atoms with Crippen LogP contribution in [0, 0.1) is 0 Å². The van der Waals surface area contributed by atoms with Crippen molar-refractivity contribution in [3.63, 3.8) is 0 Å². The zero-order valence-electron chi connectivity index (χ0n) is 9.85. The molecule has 2 rings (SSSR count). The molecule has 0 spiro atoms. The van der Waals surface area contributed by atoms with Crippen LogP contribution in [-0.4, -0.2) is 49.3 Å². The second kappa shape index (κ2) is 6.39. The maximum atomic E-state index is 5.30. The monoisotopic (exact) mass is 237 g/mol. The van der Waals surface area contributed by atoms with E-state index in [1.54, 1.807) is 6.20 Å². The molecule has 0 bridgehead atoms. The fraction of sp³-hybridized carbons (Fsp3) is 0.545. The lowest BCUT2D eigenvalue weighted by molar-refractivity contribution is 0.0398. The lowest BCUT2D eigenvalue weighted by Crippen LogP contribution is -2.39. The molecule has 1 fully saturated rings. The number of morpholine rings is 1. The number of rotatable bonds is 5. The number of hydrazine groups is 1. The van der Waals surface area contributed by atoms with E-state index in [1.165, 1.54) is 0 Å². The van der Waals surface area contributed by atoms with Gasteiger partial charge in [0.15, 0.2) is 0 Å². The van der Waals surface area contributed by atoms with Crippen LogP contribution in [0.3, 0.4) is 0 Å². The van der Waals surface area contributed by atoms with E-state index in [0.717, 1.165) is 50.9 Å². The Morgan fingerprint density at radius 3 is 2.82 bits per heavy atom. The minimum absolute atomic E-state index is 0.809. The van der Waals surface area contributed by atoms with Gasteiger partial charge in [-0.25, -0.2) is 4.98 Å². The summed E-state index contributed by atoms with van der Waals surface area (Å²) in [6.07, 6.45) is 1.71. The molecule has 0 amide bonds. The van der Waals surface area contributed by atoms with Gasteiger partial charge in [-0.2, -0.15) is 0 Å². The third-order valence-corrected chi connectivity index (χ3v) is 2.77. The number of aromatic nitrogens is 1. The summed E-state index contributed by atoms with van der Waals surface area (Å²) in [6, 6.07) is 3.80. The highest BCUT2D eigenvalue weighted by atomic mass is 16.5. The van der Waals surface area contributed by atoms with Crippen molar-refractivity contribution >= 4 is 11.5 Å². The number of anilines is 2. The molecule has 1 aliphatic rings. The predicted molar refractivity (Wildman–Crippen MR) is 67.8 cm³/mol. The minimum Gasteiger partial charge on any atom is -0.379 e. The first-order valence-corrected chi connectivity index (χ1v) is 5.85. The number of ether oxygens (including phenoxy) is 1.